The molecule has 0 aliphatic rings. The number of hydrogen-bond donors (Lipinski definition) is 1. The van der Waals surface area contributed by atoms with Crippen LogP contribution in [0, 0.1) is 11.6 Å². The fourth-order valence-corrected chi connectivity index (χ4v) is 1.33. The first kappa shape index (κ1) is 10.3. The first-order valence-electron chi connectivity index (χ1n) is 3.81. The largest absolute Gasteiger partial charge is 0.506 e. The van der Waals surface area contributed by atoms with Gasteiger partial charge >= 0.3 is 0 Å². The molecule has 1 N–H and O–H groups in total. The number of phenols is 1. The molecule has 0 bridgehead atoms. The van der Waals surface area contributed by atoms with E-state index in [1.807, 2.05) is 0 Å². The topological polar surface area (TPSA) is 20.2 Å². The lowest BCUT2D eigenvalue weighted by molar-refractivity contribution is 0.436. The molecule has 0 fully saturated rings. The van der Waals surface area contributed by atoms with E-state index in [0.717, 1.165) is 6.07 Å². The molecule has 1 nitrogen and oxygen atoms in total. The summed E-state index contributed by atoms with van der Waals surface area (Å²) in [5.41, 5.74) is -0.0787. The fourth-order valence-electron chi connectivity index (χ4n) is 1.13. The third-order valence-corrected chi connectivity index (χ3v) is 2.05. The Morgan fingerprint density at radius 1 is 1.38 bits per heavy atom. The van der Waals surface area contributed by atoms with Crippen molar-refractivity contribution in [3.05, 3.63) is 28.3 Å². The van der Waals surface area contributed by atoms with E-state index in [1.165, 1.54) is 0 Å². The third-order valence-electron chi connectivity index (χ3n) is 1.76. The Morgan fingerprint density at radius 3 is 2.38 bits per heavy atom. The van der Waals surface area contributed by atoms with Gasteiger partial charge in [0.05, 0.1) is 5.02 Å². The number of benzene rings is 1. The molecule has 0 aromatic heterocycles. The Kier molecular flexibility index (Phi) is 2.76. The molecule has 0 spiro atoms. The number of halogens is 3. The summed E-state index contributed by atoms with van der Waals surface area (Å²) in [6.45, 7) is 3.29. The van der Waals surface area contributed by atoms with Crippen LogP contribution in [0.2, 0.25) is 5.02 Å². The van der Waals surface area contributed by atoms with Crippen molar-refractivity contribution < 1.29 is 13.9 Å². The molecular formula is C9H9ClF2O. The Balaban J connectivity index is 3.46. The Labute approximate surface area is 80.0 Å². The maximum Gasteiger partial charge on any atom is 0.166 e. The van der Waals surface area contributed by atoms with E-state index in [1.54, 1.807) is 13.8 Å². The predicted octanol–water partition coefficient (Wildman–Crippen LogP) is 3.45. The second-order valence-electron chi connectivity index (χ2n) is 3.07. The van der Waals surface area contributed by atoms with Crippen LogP contribution >= 0.6 is 11.6 Å². The highest BCUT2D eigenvalue weighted by molar-refractivity contribution is 6.32. The normalized spacial score (nSPS) is 10.9. The van der Waals surface area contributed by atoms with Gasteiger partial charge in [0.25, 0.3) is 0 Å². The molecule has 4 heteroatoms. The molecule has 0 heterocycles. The van der Waals surface area contributed by atoms with Crippen molar-refractivity contribution >= 4 is 11.6 Å². The summed E-state index contributed by atoms with van der Waals surface area (Å²) in [4.78, 5) is 0. The quantitative estimate of drug-likeness (QED) is 0.698. The van der Waals surface area contributed by atoms with Crippen molar-refractivity contribution in [2.75, 3.05) is 0 Å². The minimum Gasteiger partial charge on any atom is -0.506 e. The minimum atomic E-state index is -1.04. The molecule has 0 atom stereocenters. The summed E-state index contributed by atoms with van der Waals surface area (Å²) in [7, 11) is 0. The highest BCUT2D eigenvalue weighted by Gasteiger charge is 2.19. The molecule has 13 heavy (non-hydrogen) atoms. The van der Waals surface area contributed by atoms with E-state index in [9.17, 15) is 13.9 Å². The van der Waals surface area contributed by atoms with Crippen LogP contribution in [0.25, 0.3) is 0 Å². The van der Waals surface area contributed by atoms with E-state index >= 15 is 0 Å². The van der Waals surface area contributed by atoms with Crippen LogP contribution in [0.1, 0.15) is 25.3 Å². The van der Waals surface area contributed by atoms with Gasteiger partial charge in [-0.3, -0.25) is 0 Å². The molecule has 0 saturated carbocycles. The van der Waals surface area contributed by atoms with E-state index < -0.39 is 11.6 Å². The Bertz CT molecular complexity index is 311. The van der Waals surface area contributed by atoms with Crippen molar-refractivity contribution in [2.45, 2.75) is 19.8 Å². The second-order valence-corrected chi connectivity index (χ2v) is 3.48. The smallest absolute Gasteiger partial charge is 0.166 e. The van der Waals surface area contributed by atoms with Crippen LogP contribution in [0.15, 0.2) is 6.07 Å². The highest BCUT2D eigenvalue weighted by Crippen LogP contribution is 2.35. The molecule has 0 aliphatic carbocycles. The van der Waals surface area contributed by atoms with E-state index in [0.29, 0.717) is 0 Å². The van der Waals surface area contributed by atoms with Crippen LogP contribution < -0.4 is 0 Å². The summed E-state index contributed by atoms with van der Waals surface area (Å²) < 4.78 is 25.9. The van der Waals surface area contributed by atoms with E-state index in [4.69, 9.17) is 11.6 Å². The first-order chi connectivity index (χ1) is 5.95. The van der Waals surface area contributed by atoms with Crippen LogP contribution in [0.5, 0.6) is 5.75 Å². The molecule has 72 valence electrons. The van der Waals surface area contributed by atoms with Crippen molar-refractivity contribution in [1.29, 1.82) is 0 Å². The van der Waals surface area contributed by atoms with E-state index in [2.05, 4.69) is 0 Å². The average molecular weight is 207 g/mol. The third kappa shape index (κ3) is 1.75. The number of hydrogen-bond acceptors (Lipinski definition) is 1. The molecule has 0 aliphatic heterocycles. The van der Waals surface area contributed by atoms with Gasteiger partial charge in [-0.15, -0.1) is 0 Å². The maximum atomic E-state index is 13.1. The second kappa shape index (κ2) is 3.50. The monoisotopic (exact) mass is 206 g/mol. The molecule has 0 radical (unpaired) electrons. The van der Waals surface area contributed by atoms with Gasteiger partial charge in [-0.05, 0) is 12.0 Å². The van der Waals surface area contributed by atoms with Crippen LogP contribution in [0.3, 0.4) is 0 Å². The highest BCUT2D eigenvalue weighted by atomic mass is 35.5. The summed E-state index contributed by atoms with van der Waals surface area (Å²) in [5, 5.41) is 9.17. The van der Waals surface area contributed by atoms with Gasteiger partial charge in [0, 0.05) is 5.56 Å². The SMILES string of the molecule is CC(C)c1c(O)c(Cl)cc(F)c1F. The zero-order chi connectivity index (χ0) is 10.2. The fraction of sp³-hybridized carbons (Fsp3) is 0.333. The van der Waals surface area contributed by atoms with Gasteiger partial charge in [0.1, 0.15) is 5.75 Å². The zero-order valence-corrected chi connectivity index (χ0v) is 7.99. The molecule has 1 aromatic rings. The lowest BCUT2D eigenvalue weighted by atomic mass is 10.0. The van der Waals surface area contributed by atoms with Crippen molar-refractivity contribution in [3.63, 3.8) is 0 Å². The lowest BCUT2D eigenvalue weighted by Gasteiger charge is -2.11. The van der Waals surface area contributed by atoms with Gasteiger partial charge in [-0.1, -0.05) is 25.4 Å². The van der Waals surface area contributed by atoms with Crippen LogP contribution in [0.4, 0.5) is 8.78 Å². The van der Waals surface area contributed by atoms with Crippen molar-refractivity contribution in [2.24, 2.45) is 0 Å². The lowest BCUT2D eigenvalue weighted by Crippen LogP contribution is -1.97. The van der Waals surface area contributed by atoms with Gasteiger partial charge in [0.15, 0.2) is 11.6 Å². The predicted molar refractivity (Wildman–Crippen MR) is 47.1 cm³/mol. The summed E-state index contributed by atoms with van der Waals surface area (Å²) in [6.07, 6.45) is 0. The van der Waals surface area contributed by atoms with E-state index in [-0.39, 0.29) is 22.3 Å². The van der Waals surface area contributed by atoms with Gasteiger partial charge in [-0.2, -0.15) is 0 Å². The Morgan fingerprint density at radius 2 is 1.92 bits per heavy atom. The van der Waals surface area contributed by atoms with Gasteiger partial charge in [-0.25, -0.2) is 8.78 Å². The number of phenolic OH excluding ortho intramolecular Hbond substituents is 1. The maximum absolute atomic E-state index is 13.1. The Hall–Kier alpha value is -0.830. The van der Waals surface area contributed by atoms with Gasteiger partial charge < -0.3 is 5.11 Å². The molecule has 1 aromatic carbocycles. The first-order valence-corrected chi connectivity index (χ1v) is 4.19. The van der Waals surface area contributed by atoms with Gasteiger partial charge in [0.2, 0.25) is 0 Å². The van der Waals surface area contributed by atoms with Crippen molar-refractivity contribution in [3.8, 4) is 5.75 Å². The molecule has 0 amide bonds. The van der Waals surface area contributed by atoms with Crippen molar-refractivity contribution in [1.82, 2.24) is 0 Å². The molecule has 0 saturated heterocycles. The molecule has 0 unspecified atom stereocenters. The number of aromatic hydroxyl groups is 1. The van der Waals surface area contributed by atoms with Crippen LogP contribution in [-0.4, -0.2) is 5.11 Å². The average Bonchev–Trinajstić information content (AvgIpc) is 2.01. The standard InChI is InChI=1S/C9H9ClF2O/c1-4(2)7-8(12)6(11)3-5(10)9(7)13/h3-4,13H,1-2H3. The summed E-state index contributed by atoms with van der Waals surface area (Å²) >= 11 is 5.48. The zero-order valence-electron chi connectivity index (χ0n) is 7.24. The molecular weight excluding hydrogens is 198 g/mol. The van der Waals surface area contributed by atoms with Crippen LogP contribution in [-0.2, 0) is 0 Å². The molecule has 1 rings (SSSR count). The minimum absolute atomic E-state index is 0.0787. The number of rotatable bonds is 1. The summed E-state index contributed by atoms with van der Waals surface area (Å²) in [5.74, 6) is -2.76. The summed E-state index contributed by atoms with van der Waals surface area (Å²) in [6, 6.07) is 0.762.